The molecule has 0 bridgehead atoms. The number of unbranched alkanes of at least 4 members (excludes halogenated alkanes) is 2. The van der Waals surface area contributed by atoms with Crippen molar-refractivity contribution in [3.05, 3.63) is 0 Å². The molecule has 0 fully saturated rings. The molecule has 0 aliphatic heterocycles. The molecule has 18 heavy (non-hydrogen) atoms. The third kappa shape index (κ3) is 11.2. The Bertz CT molecular complexity index is 244. The molecule has 0 radical (unpaired) electrons. The summed E-state index contributed by atoms with van der Waals surface area (Å²) in [5.74, 6) is -0.440. The molecule has 0 aliphatic carbocycles. The molecule has 5 nitrogen and oxygen atoms in total. The number of hydrogen-bond acceptors (Lipinski definition) is 2. The van der Waals surface area contributed by atoms with Crippen molar-refractivity contribution in [2.24, 2.45) is 5.92 Å². The molecular formula is C13H26N2O3. The normalized spacial score (nSPS) is 11.9. The molecule has 0 aromatic carbocycles. The van der Waals surface area contributed by atoms with Crippen LogP contribution in [-0.2, 0) is 4.79 Å². The van der Waals surface area contributed by atoms with Crippen LogP contribution < -0.4 is 10.6 Å². The molecule has 1 atom stereocenters. The molecule has 0 saturated heterocycles. The monoisotopic (exact) mass is 258 g/mol. The maximum atomic E-state index is 11.3. The highest BCUT2D eigenvalue weighted by Gasteiger charge is 2.06. The molecule has 0 aromatic heterocycles. The lowest BCUT2D eigenvalue weighted by atomic mass is 10.0. The van der Waals surface area contributed by atoms with E-state index < -0.39 is 5.97 Å². The van der Waals surface area contributed by atoms with Gasteiger partial charge in [-0.3, -0.25) is 4.79 Å². The minimum atomic E-state index is -0.761. The summed E-state index contributed by atoms with van der Waals surface area (Å²) in [6.07, 6.45) is 4.96. The van der Waals surface area contributed by atoms with Crippen LogP contribution in [0.2, 0.25) is 0 Å². The van der Waals surface area contributed by atoms with Crippen LogP contribution in [0, 0.1) is 5.92 Å². The second kappa shape index (κ2) is 10.9. The first-order chi connectivity index (χ1) is 8.56. The summed E-state index contributed by atoms with van der Waals surface area (Å²) in [4.78, 5) is 21.7. The zero-order valence-electron chi connectivity index (χ0n) is 11.5. The predicted molar refractivity (Wildman–Crippen MR) is 71.6 cm³/mol. The Morgan fingerprint density at radius 3 is 2.39 bits per heavy atom. The Balaban J connectivity index is 3.41. The van der Waals surface area contributed by atoms with Crippen molar-refractivity contribution in [3.63, 3.8) is 0 Å². The van der Waals surface area contributed by atoms with Gasteiger partial charge in [0.2, 0.25) is 0 Å². The topological polar surface area (TPSA) is 78.4 Å². The quantitative estimate of drug-likeness (QED) is 0.526. The van der Waals surface area contributed by atoms with Gasteiger partial charge in [-0.05, 0) is 25.2 Å². The lowest BCUT2D eigenvalue weighted by molar-refractivity contribution is -0.137. The van der Waals surface area contributed by atoms with Gasteiger partial charge >= 0.3 is 12.0 Å². The fourth-order valence-corrected chi connectivity index (χ4v) is 1.59. The fourth-order valence-electron chi connectivity index (χ4n) is 1.59. The predicted octanol–water partition coefficient (Wildman–Crippen LogP) is 2.37. The van der Waals surface area contributed by atoms with E-state index in [1.807, 2.05) is 6.92 Å². The largest absolute Gasteiger partial charge is 0.481 e. The summed E-state index contributed by atoms with van der Waals surface area (Å²) in [7, 11) is 0. The number of carboxylic acid groups (broad SMARTS) is 1. The van der Waals surface area contributed by atoms with Crippen LogP contribution >= 0.6 is 0 Å². The van der Waals surface area contributed by atoms with Gasteiger partial charge in [0.05, 0.1) is 0 Å². The minimum Gasteiger partial charge on any atom is -0.481 e. The fraction of sp³-hybridized carbons (Fsp3) is 0.846. The molecule has 0 saturated carbocycles. The van der Waals surface area contributed by atoms with Gasteiger partial charge in [-0.15, -0.1) is 0 Å². The zero-order valence-corrected chi connectivity index (χ0v) is 11.5. The van der Waals surface area contributed by atoms with Gasteiger partial charge in [-0.2, -0.15) is 0 Å². The molecule has 5 heteroatoms. The Morgan fingerprint density at radius 1 is 1.11 bits per heavy atom. The SMILES string of the molecule is CCCCCNC(=O)NCCC(C)CCC(=O)O. The van der Waals surface area contributed by atoms with Gasteiger partial charge < -0.3 is 15.7 Å². The zero-order chi connectivity index (χ0) is 13.8. The third-order valence-electron chi connectivity index (χ3n) is 2.84. The van der Waals surface area contributed by atoms with Gasteiger partial charge in [0.25, 0.3) is 0 Å². The maximum absolute atomic E-state index is 11.3. The van der Waals surface area contributed by atoms with Crippen LogP contribution in [-0.4, -0.2) is 30.2 Å². The first-order valence-electron chi connectivity index (χ1n) is 6.79. The highest BCUT2D eigenvalue weighted by atomic mass is 16.4. The summed E-state index contributed by atoms with van der Waals surface area (Å²) in [6.45, 7) is 5.44. The second-order valence-electron chi connectivity index (χ2n) is 4.72. The molecule has 1 unspecified atom stereocenters. The van der Waals surface area contributed by atoms with Gasteiger partial charge in [-0.1, -0.05) is 26.7 Å². The number of amides is 2. The van der Waals surface area contributed by atoms with E-state index in [9.17, 15) is 9.59 Å². The molecule has 0 aromatic rings. The average Bonchev–Trinajstić information content (AvgIpc) is 2.32. The number of carbonyl (C=O) groups is 2. The molecule has 0 aliphatic rings. The summed E-state index contributed by atoms with van der Waals surface area (Å²) in [5, 5.41) is 14.1. The summed E-state index contributed by atoms with van der Waals surface area (Å²) in [5.41, 5.74) is 0. The van der Waals surface area contributed by atoms with Crippen LogP contribution in [0.5, 0.6) is 0 Å². The highest BCUT2D eigenvalue weighted by molar-refractivity contribution is 5.73. The molecule has 0 heterocycles. The van der Waals surface area contributed by atoms with Crippen molar-refractivity contribution < 1.29 is 14.7 Å². The average molecular weight is 258 g/mol. The molecule has 106 valence electrons. The van der Waals surface area contributed by atoms with E-state index >= 15 is 0 Å². The van der Waals surface area contributed by atoms with E-state index in [1.54, 1.807) is 0 Å². The van der Waals surface area contributed by atoms with Crippen molar-refractivity contribution in [1.29, 1.82) is 0 Å². The van der Waals surface area contributed by atoms with Crippen LogP contribution in [0.3, 0.4) is 0 Å². The third-order valence-corrected chi connectivity index (χ3v) is 2.84. The Morgan fingerprint density at radius 2 is 1.78 bits per heavy atom. The van der Waals surface area contributed by atoms with E-state index in [-0.39, 0.29) is 12.5 Å². The number of urea groups is 1. The summed E-state index contributed by atoms with van der Waals surface area (Å²) in [6, 6.07) is -0.128. The lowest BCUT2D eigenvalue weighted by Crippen LogP contribution is -2.36. The number of carbonyl (C=O) groups excluding carboxylic acids is 1. The smallest absolute Gasteiger partial charge is 0.314 e. The van der Waals surface area contributed by atoms with Crippen molar-refractivity contribution in [1.82, 2.24) is 10.6 Å². The van der Waals surface area contributed by atoms with Gasteiger partial charge in [0, 0.05) is 19.5 Å². The van der Waals surface area contributed by atoms with Crippen LogP contribution in [0.25, 0.3) is 0 Å². The molecule has 3 N–H and O–H groups in total. The molecule has 0 rings (SSSR count). The summed E-state index contributed by atoms with van der Waals surface area (Å²) >= 11 is 0. The van der Waals surface area contributed by atoms with Crippen LogP contribution in [0.1, 0.15) is 52.4 Å². The number of carboxylic acids is 1. The van der Waals surface area contributed by atoms with Gasteiger partial charge in [0.1, 0.15) is 0 Å². The van der Waals surface area contributed by atoms with Crippen molar-refractivity contribution in [2.75, 3.05) is 13.1 Å². The van der Waals surface area contributed by atoms with E-state index in [2.05, 4.69) is 17.6 Å². The Kier molecular flexibility index (Phi) is 10.1. The number of nitrogens with one attached hydrogen (secondary N) is 2. The van der Waals surface area contributed by atoms with E-state index in [4.69, 9.17) is 5.11 Å². The molecule has 2 amide bonds. The Labute approximate surface area is 109 Å². The second-order valence-corrected chi connectivity index (χ2v) is 4.72. The molecular weight excluding hydrogens is 232 g/mol. The van der Waals surface area contributed by atoms with E-state index in [0.29, 0.717) is 25.4 Å². The van der Waals surface area contributed by atoms with Gasteiger partial charge in [0.15, 0.2) is 0 Å². The number of aliphatic carboxylic acids is 1. The van der Waals surface area contributed by atoms with E-state index in [1.165, 1.54) is 0 Å². The van der Waals surface area contributed by atoms with Gasteiger partial charge in [-0.25, -0.2) is 4.79 Å². The summed E-state index contributed by atoms with van der Waals surface area (Å²) < 4.78 is 0. The standard InChI is InChI=1S/C13H26N2O3/c1-3-4-5-9-14-13(18)15-10-8-11(2)6-7-12(16)17/h11H,3-10H2,1-2H3,(H,16,17)(H2,14,15,18). The van der Waals surface area contributed by atoms with Crippen LogP contribution in [0.15, 0.2) is 0 Å². The van der Waals surface area contributed by atoms with E-state index in [0.717, 1.165) is 25.7 Å². The van der Waals surface area contributed by atoms with Crippen LogP contribution in [0.4, 0.5) is 4.79 Å². The number of hydrogen-bond donors (Lipinski definition) is 3. The van der Waals surface area contributed by atoms with Crippen molar-refractivity contribution >= 4 is 12.0 Å². The first-order valence-corrected chi connectivity index (χ1v) is 6.79. The minimum absolute atomic E-state index is 0.128. The maximum Gasteiger partial charge on any atom is 0.314 e. The molecule has 0 spiro atoms. The number of rotatable bonds is 10. The highest BCUT2D eigenvalue weighted by Crippen LogP contribution is 2.08. The Hall–Kier alpha value is -1.26. The lowest BCUT2D eigenvalue weighted by Gasteiger charge is -2.11. The first kappa shape index (κ1) is 16.7. The van der Waals surface area contributed by atoms with Crippen molar-refractivity contribution in [3.8, 4) is 0 Å². The van der Waals surface area contributed by atoms with Crippen molar-refractivity contribution in [2.45, 2.75) is 52.4 Å².